The van der Waals surface area contributed by atoms with Crippen molar-refractivity contribution in [1.82, 2.24) is 24.7 Å². The molecule has 3 aliphatic rings. The minimum Gasteiger partial charge on any atom is -0.352 e. The van der Waals surface area contributed by atoms with Crippen LogP contribution in [0, 0.1) is 0 Å². The summed E-state index contributed by atoms with van der Waals surface area (Å²) in [4.78, 5) is 45.9. The summed E-state index contributed by atoms with van der Waals surface area (Å²) in [5, 5.41) is 2.94. The molecule has 0 radical (unpaired) electrons. The third kappa shape index (κ3) is 3.98. The van der Waals surface area contributed by atoms with Crippen LogP contribution in [0.4, 0.5) is 0 Å². The Morgan fingerprint density at radius 2 is 1.91 bits per heavy atom. The van der Waals surface area contributed by atoms with E-state index in [2.05, 4.69) is 10.3 Å². The molecule has 1 aromatic heterocycles. The molecule has 1 aromatic carbocycles. The molecule has 3 heterocycles. The van der Waals surface area contributed by atoms with Gasteiger partial charge in [0.2, 0.25) is 5.91 Å². The monoisotopic (exact) mass is 437 g/mol. The van der Waals surface area contributed by atoms with E-state index in [1.54, 1.807) is 12.1 Å². The smallest absolute Gasteiger partial charge is 0.290 e. The molecule has 1 N–H and O–H groups in total. The maximum atomic E-state index is 13.1. The van der Waals surface area contributed by atoms with E-state index in [9.17, 15) is 14.4 Å². The van der Waals surface area contributed by atoms with Crippen LogP contribution >= 0.6 is 0 Å². The summed E-state index contributed by atoms with van der Waals surface area (Å²) < 4.78 is 1.99. The van der Waals surface area contributed by atoms with Gasteiger partial charge in [-0.05, 0) is 43.9 Å². The number of likely N-dealkylation sites (tertiary alicyclic amines) is 1. The molecule has 0 bridgehead atoms. The van der Waals surface area contributed by atoms with Crippen LogP contribution in [0.3, 0.4) is 0 Å². The maximum absolute atomic E-state index is 13.1. The van der Waals surface area contributed by atoms with Crippen molar-refractivity contribution in [3.8, 4) is 0 Å². The Morgan fingerprint density at radius 3 is 2.69 bits per heavy atom. The van der Waals surface area contributed by atoms with E-state index in [1.165, 1.54) is 19.3 Å². The number of imidazole rings is 1. The van der Waals surface area contributed by atoms with E-state index < -0.39 is 0 Å². The van der Waals surface area contributed by atoms with E-state index in [4.69, 9.17) is 0 Å². The number of carbonyl (C=O) groups excluding carboxylic acids is 3. The van der Waals surface area contributed by atoms with E-state index >= 15 is 0 Å². The lowest BCUT2D eigenvalue weighted by atomic mass is 9.94. The minimum atomic E-state index is -0.152. The highest BCUT2D eigenvalue weighted by Crippen LogP contribution is 2.28. The topological polar surface area (TPSA) is 87.5 Å². The second-order valence-electron chi connectivity index (χ2n) is 9.17. The van der Waals surface area contributed by atoms with Gasteiger partial charge in [0, 0.05) is 50.7 Å². The molecule has 5 rings (SSSR count). The van der Waals surface area contributed by atoms with Crippen LogP contribution in [-0.2, 0) is 11.3 Å². The number of fused-ring (bicyclic) bond motifs is 3. The Labute approximate surface area is 187 Å². The summed E-state index contributed by atoms with van der Waals surface area (Å²) >= 11 is 0. The zero-order valence-electron chi connectivity index (χ0n) is 18.5. The van der Waals surface area contributed by atoms with Gasteiger partial charge in [-0.3, -0.25) is 14.4 Å². The van der Waals surface area contributed by atoms with Crippen LogP contribution in [0.1, 0.15) is 72.3 Å². The maximum Gasteiger partial charge on any atom is 0.290 e. The molecular formula is C24H31N5O3. The molecule has 8 heteroatoms. The van der Waals surface area contributed by atoms with Crippen molar-refractivity contribution in [2.45, 2.75) is 64.0 Å². The fourth-order valence-corrected chi connectivity index (χ4v) is 5.35. The third-order valence-corrected chi connectivity index (χ3v) is 7.10. The van der Waals surface area contributed by atoms with Crippen LogP contribution in [0.15, 0.2) is 18.2 Å². The number of nitrogens with zero attached hydrogens (tertiary/aromatic N) is 4. The lowest BCUT2D eigenvalue weighted by Crippen LogP contribution is -2.47. The minimum absolute atomic E-state index is 0.0156. The summed E-state index contributed by atoms with van der Waals surface area (Å²) in [6.07, 6.45) is 8.13. The zero-order valence-corrected chi connectivity index (χ0v) is 18.5. The van der Waals surface area contributed by atoms with Crippen molar-refractivity contribution < 1.29 is 14.4 Å². The van der Waals surface area contributed by atoms with Gasteiger partial charge in [-0.2, -0.15) is 0 Å². The Bertz CT molecular complexity index is 1040. The molecule has 0 atom stereocenters. The van der Waals surface area contributed by atoms with E-state index in [0.29, 0.717) is 42.5 Å². The predicted octanol–water partition coefficient (Wildman–Crippen LogP) is 2.57. The summed E-state index contributed by atoms with van der Waals surface area (Å²) in [6, 6.07) is 5.81. The second kappa shape index (κ2) is 8.92. The molecule has 2 aliphatic heterocycles. The fraction of sp³-hybridized carbons (Fsp3) is 0.583. The van der Waals surface area contributed by atoms with Gasteiger partial charge in [0.25, 0.3) is 11.8 Å². The number of hydrogen-bond acceptors (Lipinski definition) is 4. The van der Waals surface area contributed by atoms with Crippen molar-refractivity contribution in [1.29, 1.82) is 0 Å². The number of amides is 3. The lowest BCUT2D eigenvalue weighted by Gasteiger charge is -2.36. The average Bonchev–Trinajstić information content (AvgIpc) is 3.40. The molecule has 1 saturated carbocycles. The van der Waals surface area contributed by atoms with E-state index in [-0.39, 0.29) is 17.7 Å². The van der Waals surface area contributed by atoms with Gasteiger partial charge in [0.1, 0.15) is 0 Å². The fourth-order valence-electron chi connectivity index (χ4n) is 5.35. The molecule has 1 saturated heterocycles. The average molecular weight is 438 g/mol. The lowest BCUT2D eigenvalue weighted by molar-refractivity contribution is -0.127. The molecule has 1 aliphatic carbocycles. The normalized spacial score (nSPS) is 19.6. The van der Waals surface area contributed by atoms with E-state index in [1.807, 2.05) is 20.4 Å². The number of carbonyl (C=O) groups is 3. The van der Waals surface area contributed by atoms with Crippen molar-refractivity contribution in [2.75, 3.05) is 26.2 Å². The van der Waals surface area contributed by atoms with Gasteiger partial charge >= 0.3 is 0 Å². The summed E-state index contributed by atoms with van der Waals surface area (Å²) in [5.41, 5.74) is 2.14. The van der Waals surface area contributed by atoms with Crippen LogP contribution in [0.2, 0.25) is 0 Å². The number of nitrogens with one attached hydrogen (secondary N) is 1. The zero-order chi connectivity index (χ0) is 22.1. The van der Waals surface area contributed by atoms with Crippen molar-refractivity contribution >= 4 is 28.8 Å². The van der Waals surface area contributed by atoms with Crippen LogP contribution in [-0.4, -0.2) is 69.3 Å². The highest BCUT2D eigenvalue weighted by Gasteiger charge is 2.33. The number of hydrogen-bond donors (Lipinski definition) is 1. The molecule has 0 spiro atoms. The highest BCUT2D eigenvalue weighted by molar-refractivity contribution is 6.00. The quantitative estimate of drug-likeness (QED) is 0.704. The van der Waals surface area contributed by atoms with Crippen LogP contribution in [0.5, 0.6) is 0 Å². The third-order valence-electron chi connectivity index (χ3n) is 7.10. The van der Waals surface area contributed by atoms with Crippen molar-refractivity contribution in [3.63, 3.8) is 0 Å². The van der Waals surface area contributed by atoms with Gasteiger partial charge < -0.3 is 19.7 Å². The molecule has 170 valence electrons. The number of rotatable bonds is 6. The van der Waals surface area contributed by atoms with Gasteiger partial charge in [0.15, 0.2) is 5.82 Å². The summed E-state index contributed by atoms with van der Waals surface area (Å²) in [7, 11) is 0. The Morgan fingerprint density at radius 1 is 1.06 bits per heavy atom. The van der Waals surface area contributed by atoms with Gasteiger partial charge in [-0.15, -0.1) is 0 Å². The SMILES string of the molecule is O=C(NCCCN1CCCC1=O)c1ccc2c(c1)nc1n2CCN(C2CCCCC2)C1=O. The largest absolute Gasteiger partial charge is 0.352 e. The standard InChI is InChI=1S/C24H31N5O3/c30-21-8-4-12-27(21)13-5-11-25-23(31)17-9-10-20-19(16-17)26-22-24(32)28(14-15-29(20)22)18-6-2-1-3-7-18/h9-10,16,18H,1-8,11-15H2,(H,25,31). The van der Waals surface area contributed by atoms with Gasteiger partial charge in [-0.25, -0.2) is 4.98 Å². The van der Waals surface area contributed by atoms with Crippen molar-refractivity contribution in [3.05, 3.63) is 29.6 Å². The highest BCUT2D eigenvalue weighted by atomic mass is 16.2. The first-order valence-electron chi connectivity index (χ1n) is 12.0. The Hall–Kier alpha value is -2.90. The van der Waals surface area contributed by atoms with Crippen LogP contribution in [0.25, 0.3) is 11.0 Å². The second-order valence-corrected chi connectivity index (χ2v) is 9.17. The predicted molar refractivity (Wildman–Crippen MR) is 120 cm³/mol. The van der Waals surface area contributed by atoms with Gasteiger partial charge in [-0.1, -0.05) is 19.3 Å². The van der Waals surface area contributed by atoms with Crippen molar-refractivity contribution in [2.24, 2.45) is 0 Å². The first-order chi connectivity index (χ1) is 15.6. The van der Waals surface area contributed by atoms with Gasteiger partial charge in [0.05, 0.1) is 11.0 Å². The number of benzene rings is 1. The summed E-state index contributed by atoms with van der Waals surface area (Å²) in [5.74, 6) is 0.564. The Kier molecular flexibility index (Phi) is 5.85. The summed E-state index contributed by atoms with van der Waals surface area (Å²) in [6.45, 7) is 3.50. The molecule has 8 nitrogen and oxygen atoms in total. The molecule has 32 heavy (non-hydrogen) atoms. The van der Waals surface area contributed by atoms with Crippen LogP contribution < -0.4 is 5.32 Å². The molecule has 0 unspecified atom stereocenters. The molecule has 2 fully saturated rings. The Balaban J connectivity index is 1.24. The van der Waals surface area contributed by atoms with E-state index in [0.717, 1.165) is 50.8 Å². The number of aromatic nitrogens is 2. The molecule has 3 amide bonds. The first kappa shape index (κ1) is 21.0. The first-order valence-corrected chi connectivity index (χ1v) is 12.0. The molecular weight excluding hydrogens is 406 g/mol. The molecule has 2 aromatic rings.